The largest absolute Gasteiger partial charge is 0.479 e. The summed E-state index contributed by atoms with van der Waals surface area (Å²) in [5.74, 6) is -0.852. The molecule has 5 nitrogen and oxygen atoms in total. The van der Waals surface area contributed by atoms with Gasteiger partial charge in [0.05, 0.1) is 11.8 Å². The van der Waals surface area contributed by atoms with Crippen molar-refractivity contribution in [2.75, 3.05) is 13.1 Å². The lowest BCUT2D eigenvalue weighted by molar-refractivity contribution is -0.149. The van der Waals surface area contributed by atoms with Gasteiger partial charge < -0.3 is 9.84 Å². The Morgan fingerprint density at radius 3 is 2.95 bits per heavy atom. The molecule has 0 aliphatic carbocycles. The minimum absolute atomic E-state index is 0.0183. The van der Waals surface area contributed by atoms with Crippen LogP contribution in [0, 0.1) is 0 Å². The Bertz CT molecular complexity index is 410. The molecule has 0 saturated carbocycles. The van der Waals surface area contributed by atoms with Gasteiger partial charge in [0.15, 0.2) is 6.10 Å². The lowest BCUT2D eigenvalue weighted by Gasteiger charge is -2.23. The molecule has 19 heavy (non-hydrogen) atoms. The van der Waals surface area contributed by atoms with Crippen molar-refractivity contribution in [3.8, 4) is 0 Å². The fourth-order valence-corrected chi connectivity index (χ4v) is 2.34. The number of aliphatic carboxylic acids is 1. The summed E-state index contributed by atoms with van der Waals surface area (Å²) >= 11 is 0. The Morgan fingerprint density at radius 1 is 1.53 bits per heavy atom. The van der Waals surface area contributed by atoms with E-state index in [1.165, 1.54) is 0 Å². The van der Waals surface area contributed by atoms with Gasteiger partial charge in [-0.1, -0.05) is 13.0 Å². The molecule has 0 amide bonds. The molecule has 104 valence electrons. The topological polar surface area (TPSA) is 62.7 Å². The number of carboxylic acids is 1. The van der Waals surface area contributed by atoms with Gasteiger partial charge in [0.25, 0.3) is 0 Å². The van der Waals surface area contributed by atoms with Crippen LogP contribution in [0.2, 0.25) is 0 Å². The van der Waals surface area contributed by atoms with E-state index in [2.05, 4.69) is 16.8 Å². The average molecular weight is 264 g/mol. The van der Waals surface area contributed by atoms with E-state index in [1.54, 1.807) is 6.20 Å². The van der Waals surface area contributed by atoms with Crippen LogP contribution in [0.25, 0.3) is 0 Å². The van der Waals surface area contributed by atoms with Gasteiger partial charge in [-0.2, -0.15) is 0 Å². The number of aromatic nitrogens is 1. The predicted octanol–water partition coefficient (Wildman–Crippen LogP) is 1.54. The summed E-state index contributed by atoms with van der Waals surface area (Å²) in [5.41, 5.74) is 1.03. The van der Waals surface area contributed by atoms with Crippen LogP contribution in [-0.4, -0.2) is 46.3 Å². The zero-order chi connectivity index (χ0) is 13.7. The van der Waals surface area contributed by atoms with E-state index in [1.807, 2.05) is 18.2 Å². The summed E-state index contributed by atoms with van der Waals surface area (Å²) in [6.45, 7) is 4.52. The van der Waals surface area contributed by atoms with E-state index in [-0.39, 0.29) is 6.10 Å². The number of hydrogen-bond donors (Lipinski definition) is 1. The van der Waals surface area contributed by atoms with Crippen LogP contribution in [0.3, 0.4) is 0 Å². The Morgan fingerprint density at radius 2 is 2.37 bits per heavy atom. The molecule has 1 aliphatic rings. The number of likely N-dealkylation sites (N-methyl/N-ethyl adjacent to an activating group) is 1. The van der Waals surface area contributed by atoms with Gasteiger partial charge in [0.2, 0.25) is 0 Å². The van der Waals surface area contributed by atoms with E-state index in [9.17, 15) is 4.79 Å². The zero-order valence-corrected chi connectivity index (χ0v) is 11.2. The standard InChI is InChI=1S/C14H20N2O3/c1-2-16(9-11-5-3-4-8-15-11)10-12-6-7-13(19-12)14(17)18/h3-5,8,12-13H,2,6-7,9-10H2,1H3,(H,17,18). The normalized spacial score (nSPS) is 22.8. The maximum atomic E-state index is 10.8. The van der Waals surface area contributed by atoms with Crippen LogP contribution in [0.15, 0.2) is 24.4 Å². The highest BCUT2D eigenvalue weighted by Gasteiger charge is 2.31. The quantitative estimate of drug-likeness (QED) is 0.844. The smallest absolute Gasteiger partial charge is 0.332 e. The van der Waals surface area contributed by atoms with Gasteiger partial charge in [-0.05, 0) is 31.5 Å². The second kappa shape index (κ2) is 6.63. The zero-order valence-electron chi connectivity index (χ0n) is 11.2. The molecule has 1 aromatic heterocycles. The third-order valence-electron chi connectivity index (χ3n) is 3.40. The van der Waals surface area contributed by atoms with Gasteiger partial charge in [0, 0.05) is 19.3 Å². The molecule has 0 bridgehead atoms. The van der Waals surface area contributed by atoms with E-state index in [0.717, 1.165) is 31.7 Å². The van der Waals surface area contributed by atoms with Crippen LogP contribution in [0.5, 0.6) is 0 Å². The van der Waals surface area contributed by atoms with Crippen LogP contribution >= 0.6 is 0 Å². The van der Waals surface area contributed by atoms with Gasteiger partial charge in [-0.15, -0.1) is 0 Å². The summed E-state index contributed by atoms with van der Waals surface area (Å²) in [5, 5.41) is 8.91. The van der Waals surface area contributed by atoms with Crippen molar-refractivity contribution >= 4 is 5.97 Å². The molecule has 2 heterocycles. The van der Waals surface area contributed by atoms with E-state index >= 15 is 0 Å². The molecule has 1 saturated heterocycles. The number of ether oxygens (including phenoxy) is 1. The van der Waals surface area contributed by atoms with Crippen molar-refractivity contribution in [3.05, 3.63) is 30.1 Å². The highest BCUT2D eigenvalue weighted by Crippen LogP contribution is 2.21. The van der Waals surface area contributed by atoms with E-state index in [4.69, 9.17) is 9.84 Å². The van der Waals surface area contributed by atoms with Gasteiger partial charge in [-0.25, -0.2) is 4.79 Å². The van der Waals surface area contributed by atoms with E-state index in [0.29, 0.717) is 6.42 Å². The first kappa shape index (κ1) is 14.0. The van der Waals surface area contributed by atoms with Gasteiger partial charge in [-0.3, -0.25) is 9.88 Å². The van der Waals surface area contributed by atoms with Crippen molar-refractivity contribution in [1.29, 1.82) is 0 Å². The van der Waals surface area contributed by atoms with Crippen LogP contribution in [0.4, 0.5) is 0 Å². The Hall–Kier alpha value is -1.46. The molecule has 5 heteroatoms. The molecule has 2 atom stereocenters. The number of pyridine rings is 1. The van der Waals surface area contributed by atoms with Gasteiger partial charge >= 0.3 is 5.97 Å². The number of carboxylic acid groups (broad SMARTS) is 1. The van der Waals surface area contributed by atoms with Crippen LogP contribution in [0.1, 0.15) is 25.5 Å². The summed E-state index contributed by atoms with van der Waals surface area (Å²) in [7, 11) is 0. The van der Waals surface area contributed by atoms with Crippen molar-refractivity contribution in [2.45, 2.75) is 38.5 Å². The number of hydrogen-bond acceptors (Lipinski definition) is 4. The van der Waals surface area contributed by atoms with Gasteiger partial charge in [0.1, 0.15) is 0 Å². The maximum absolute atomic E-state index is 10.8. The van der Waals surface area contributed by atoms with Crippen LogP contribution in [-0.2, 0) is 16.1 Å². The molecule has 1 N–H and O–H groups in total. The molecule has 0 radical (unpaired) electrons. The second-order valence-electron chi connectivity index (χ2n) is 4.81. The number of nitrogens with zero attached hydrogens (tertiary/aromatic N) is 2. The number of carbonyl (C=O) groups is 1. The first-order valence-electron chi connectivity index (χ1n) is 6.69. The van der Waals surface area contributed by atoms with Crippen molar-refractivity contribution in [3.63, 3.8) is 0 Å². The molecule has 1 aromatic rings. The van der Waals surface area contributed by atoms with Crippen molar-refractivity contribution in [1.82, 2.24) is 9.88 Å². The number of rotatable bonds is 6. The van der Waals surface area contributed by atoms with Crippen molar-refractivity contribution in [2.24, 2.45) is 0 Å². The maximum Gasteiger partial charge on any atom is 0.332 e. The lowest BCUT2D eigenvalue weighted by Crippen LogP contribution is -2.33. The Balaban J connectivity index is 1.85. The molecular weight excluding hydrogens is 244 g/mol. The van der Waals surface area contributed by atoms with Crippen molar-refractivity contribution < 1.29 is 14.6 Å². The van der Waals surface area contributed by atoms with Crippen LogP contribution < -0.4 is 0 Å². The highest BCUT2D eigenvalue weighted by atomic mass is 16.5. The predicted molar refractivity (Wildman–Crippen MR) is 70.7 cm³/mol. The molecule has 2 unspecified atom stereocenters. The minimum Gasteiger partial charge on any atom is -0.479 e. The summed E-state index contributed by atoms with van der Waals surface area (Å²) in [4.78, 5) is 17.4. The first-order valence-corrected chi connectivity index (χ1v) is 6.69. The third kappa shape index (κ3) is 4.01. The third-order valence-corrected chi connectivity index (χ3v) is 3.40. The van der Waals surface area contributed by atoms with E-state index < -0.39 is 12.1 Å². The Kier molecular flexibility index (Phi) is 4.87. The summed E-state index contributed by atoms with van der Waals surface area (Å²) < 4.78 is 5.53. The fraction of sp³-hybridized carbons (Fsp3) is 0.571. The first-order chi connectivity index (χ1) is 9.19. The molecule has 1 fully saturated rings. The summed E-state index contributed by atoms with van der Waals surface area (Å²) in [6.07, 6.45) is 2.61. The molecule has 0 spiro atoms. The Labute approximate surface area is 113 Å². The highest BCUT2D eigenvalue weighted by molar-refractivity contribution is 5.72. The SMILES string of the molecule is CCN(Cc1ccccn1)CC1CCC(C(=O)O)O1. The molecular formula is C14H20N2O3. The molecule has 2 rings (SSSR count). The fourth-order valence-electron chi connectivity index (χ4n) is 2.34. The molecule has 1 aliphatic heterocycles. The molecule has 0 aromatic carbocycles. The second-order valence-corrected chi connectivity index (χ2v) is 4.81. The monoisotopic (exact) mass is 264 g/mol. The lowest BCUT2D eigenvalue weighted by atomic mass is 10.2. The average Bonchev–Trinajstić information content (AvgIpc) is 2.88. The minimum atomic E-state index is -0.852. The summed E-state index contributed by atoms with van der Waals surface area (Å²) in [6, 6.07) is 5.87.